The zero-order chi connectivity index (χ0) is 9.07. The van der Waals surface area contributed by atoms with Crippen molar-refractivity contribution >= 4 is 18.4 Å². The molecule has 0 bridgehead atoms. The number of hydrogen-bond donors (Lipinski definition) is 1. The molecule has 74 valence electrons. The summed E-state index contributed by atoms with van der Waals surface area (Å²) in [4.78, 5) is 10.8. The van der Waals surface area contributed by atoms with Crippen LogP contribution in [0.15, 0.2) is 0 Å². The van der Waals surface area contributed by atoms with Crippen LogP contribution >= 0.6 is 12.4 Å². The number of carbonyl (C=O) groups excluding carboxylic acids is 1. The van der Waals surface area contributed by atoms with Crippen molar-refractivity contribution in [2.75, 3.05) is 7.11 Å². The molecule has 4 heteroatoms. The van der Waals surface area contributed by atoms with Crippen molar-refractivity contribution in [2.45, 2.75) is 33.2 Å². The van der Waals surface area contributed by atoms with E-state index in [-0.39, 0.29) is 23.8 Å². The van der Waals surface area contributed by atoms with E-state index in [1.807, 2.05) is 20.8 Å². The molecule has 0 heterocycles. The van der Waals surface area contributed by atoms with Gasteiger partial charge in [-0.3, -0.25) is 4.79 Å². The van der Waals surface area contributed by atoms with Crippen LogP contribution in [0.2, 0.25) is 0 Å². The van der Waals surface area contributed by atoms with Gasteiger partial charge in [-0.25, -0.2) is 0 Å². The highest BCUT2D eigenvalue weighted by molar-refractivity contribution is 5.85. The fraction of sp³-hybridized carbons (Fsp3) is 0.875. The molecule has 0 aromatic carbocycles. The second-order valence-corrected chi connectivity index (χ2v) is 3.89. The molecule has 0 aromatic rings. The molecule has 0 saturated carbocycles. The molecule has 0 radical (unpaired) electrons. The summed E-state index contributed by atoms with van der Waals surface area (Å²) in [5.41, 5.74) is 5.62. The Morgan fingerprint density at radius 2 is 1.92 bits per heavy atom. The van der Waals surface area contributed by atoms with Gasteiger partial charge in [-0.15, -0.1) is 12.4 Å². The summed E-state index contributed by atoms with van der Waals surface area (Å²) in [5.74, 6) is -0.333. The highest BCUT2D eigenvalue weighted by Crippen LogP contribution is 2.19. The van der Waals surface area contributed by atoms with Gasteiger partial charge in [-0.1, -0.05) is 20.8 Å². The van der Waals surface area contributed by atoms with Crippen molar-refractivity contribution < 1.29 is 9.53 Å². The monoisotopic (exact) mass is 195 g/mol. The van der Waals surface area contributed by atoms with E-state index < -0.39 is 6.04 Å². The van der Waals surface area contributed by atoms with Crippen molar-refractivity contribution in [1.82, 2.24) is 0 Å². The number of esters is 1. The molecule has 0 rings (SSSR count). The molecule has 2 N–H and O–H groups in total. The number of halogens is 1. The summed E-state index contributed by atoms with van der Waals surface area (Å²) in [6.07, 6.45) is 0.652. The minimum Gasteiger partial charge on any atom is -0.468 e. The Morgan fingerprint density at radius 3 is 2.17 bits per heavy atom. The van der Waals surface area contributed by atoms with Gasteiger partial charge in [0.15, 0.2) is 0 Å². The first-order valence-electron chi connectivity index (χ1n) is 3.70. The quantitative estimate of drug-likeness (QED) is 0.677. The highest BCUT2D eigenvalue weighted by Gasteiger charge is 2.21. The number of rotatable bonds is 2. The molecule has 1 unspecified atom stereocenters. The summed E-state index contributed by atoms with van der Waals surface area (Å²) in [6, 6.07) is -0.486. The molecular formula is C8H18ClNO2. The lowest BCUT2D eigenvalue weighted by atomic mass is 9.88. The normalized spacial score (nSPS) is 13.1. The second kappa shape index (κ2) is 5.38. The fourth-order valence-electron chi connectivity index (χ4n) is 0.894. The van der Waals surface area contributed by atoms with Crippen LogP contribution in [0.5, 0.6) is 0 Å². The smallest absolute Gasteiger partial charge is 0.322 e. The molecule has 0 aliphatic carbocycles. The van der Waals surface area contributed by atoms with Crippen LogP contribution in [-0.2, 0) is 9.53 Å². The second-order valence-electron chi connectivity index (χ2n) is 3.89. The maximum Gasteiger partial charge on any atom is 0.322 e. The van der Waals surface area contributed by atoms with Crippen molar-refractivity contribution in [2.24, 2.45) is 11.1 Å². The number of hydrogen-bond acceptors (Lipinski definition) is 3. The average Bonchev–Trinajstić information content (AvgIpc) is 1.82. The van der Waals surface area contributed by atoms with E-state index >= 15 is 0 Å². The Bertz CT molecular complexity index is 142. The summed E-state index contributed by atoms with van der Waals surface area (Å²) in [6.45, 7) is 6.11. The van der Waals surface area contributed by atoms with Gasteiger partial charge in [-0.05, 0) is 11.8 Å². The predicted octanol–water partition coefficient (Wildman–Crippen LogP) is 1.34. The first kappa shape index (κ1) is 14.3. The van der Waals surface area contributed by atoms with Crippen LogP contribution in [0.25, 0.3) is 0 Å². The van der Waals surface area contributed by atoms with Gasteiger partial charge in [0.1, 0.15) is 6.04 Å². The highest BCUT2D eigenvalue weighted by atomic mass is 35.5. The Kier molecular flexibility index (Phi) is 6.39. The zero-order valence-corrected chi connectivity index (χ0v) is 8.90. The SMILES string of the molecule is COC(=O)C(N)CC(C)(C)C.Cl. The first-order chi connectivity index (χ1) is 4.87. The zero-order valence-electron chi connectivity index (χ0n) is 8.09. The molecule has 3 nitrogen and oxygen atoms in total. The standard InChI is InChI=1S/C8H17NO2.ClH/c1-8(2,3)5-6(9)7(10)11-4;/h6H,5,9H2,1-4H3;1H. The minimum atomic E-state index is -0.486. The van der Waals surface area contributed by atoms with Crippen LogP contribution in [0.4, 0.5) is 0 Å². The maximum absolute atomic E-state index is 10.8. The van der Waals surface area contributed by atoms with Gasteiger partial charge in [-0.2, -0.15) is 0 Å². The van der Waals surface area contributed by atoms with E-state index in [1.54, 1.807) is 0 Å². The Balaban J connectivity index is 0. The number of methoxy groups -OCH3 is 1. The lowest BCUT2D eigenvalue weighted by Crippen LogP contribution is -2.35. The van der Waals surface area contributed by atoms with Gasteiger partial charge in [0, 0.05) is 0 Å². The van der Waals surface area contributed by atoms with Crippen molar-refractivity contribution in [1.29, 1.82) is 0 Å². The van der Waals surface area contributed by atoms with Crippen LogP contribution in [0, 0.1) is 5.41 Å². The van der Waals surface area contributed by atoms with Crippen LogP contribution in [-0.4, -0.2) is 19.1 Å². The van der Waals surface area contributed by atoms with E-state index in [0.29, 0.717) is 6.42 Å². The van der Waals surface area contributed by atoms with Gasteiger partial charge in [0.25, 0.3) is 0 Å². The summed E-state index contributed by atoms with van der Waals surface area (Å²) in [7, 11) is 1.35. The van der Waals surface area contributed by atoms with E-state index in [9.17, 15) is 4.79 Å². The van der Waals surface area contributed by atoms with Crippen molar-refractivity contribution in [3.05, 3.63) is 0 Å². The van der Waals surface area contributed by atoms with Crippen molar-refractivity contribution in [3.63, 3.8) is 0 Å². The third-order valence-corrected chi connectivity index (χ3v) is 1.34. The van der Waals surface area contributed by atoms with Gasteiger partial charge in [0.2, 0.25) is 0 Å². The summed E-state index contributed by atoms with van der Waals surface area (Å²) in [5, 5.41) is 0. The molecule has 0 saturated heterocycles. The number of nitrogens with two attached hydrogens (primary N) is 1. The van der Waals surface area contributed by atoms with Crippen molar-refractivity contribution in [3.8, 4) is 0 Å². The van der Waals surface area contributed by atoms with E-state index in [0.717, 1.165) is 0 Å². The molecule has 1 atom stereocenters. The van der Waals surface area contributed by atoms with E-state index in [2.05, 4.69) is 4.74 Å². The van der Waals surface area contributed by atoms with E-state index in [1.165, 1.54) is 7.11 Å². The molecular weight excluding hydrogens is 178 g/mol. The molecule has 12 heavy (non-hydrogen) atoms. The lowest BCUT2D eigenvalue weighted by molar-refractivity contribution is -0.142. The topological polar surface area (TPSA) is 52.3 Å². The minimum absolute atomic E-state index is 0. The summed E-state index contributed by atoms with van der Waals surface area (Å²) < 4.78 is 4.49. The van der Waals surface area contributed by atoms with Crippen LogP contribution in [0.1, 0.15) is 27.2 Å². The Labute approximate surface area is 80.1 Å². The number of carbonyl (C=O) groups is 1. The summed E-state index contributed by atoms with van der Waals surface area (Å²) >= 11 is 0. The number of ether oxygens (including phenoxy) is 1. The van der Waals surface area contributed by atoms with Crippen LogP contribution in [0.3, 0.4) is 0 Å². The predicted molar refractivity (Wildman–Crippen MR) is 51.3 cm³/mol. The first-order valence-corrected chi connectivity index (χ1v) is 3.70. The molecule has 0 aromatic heterocycles. The Hall–Kier alpha value is -0.280. The third-order valence-electron chi connectivity index (χ3n) is 1.34. The molecule has 0 fully saturated rings. The molecule has 0 aliphatic heterocycles. The average molecular weight is 196 g/mol. The Morgan fingerprint density at radius 1 is 1.50 bits per heavy atom. The van der Waals surface area contributed by atoms with Gasteiger partial charge < -0.3 is 10.5 Å². The van der Waals surface area contributed by atoms with E-state index in [4.69, 9.17) is 5.73 Å². The lowest BCUT2D eigenvalue weighted by Gasteiger charge is -2.21. The maximum atomic E-state index is 10.8. The molecule has 0 aliphatic rings. The molecule has 0 amide bonds. The van der Waals surface area contributed by atoms with Gasteiger partial charge >= 0.3 is 5.97 Å². The van der Waals surface area contributed by atoms with Gasteiger partial charge in [0.05, 0.1) is 7.11 Å². The third kappa shape index (κ3) is 6.43. The largest absolute Gasteiger partial charge is 0.468 e. The molecule has 0 spiro atoms. The van der Waals surface area contributed by atoms with Crippen LogP contribution < -0.4 is 5.73 Å². The fourth-order valence-corrected chi connectivity index (χ4v) is 0.894.